The van der Waals surface area contributed by atoms with Crippen molar-refractivity contribution in [2.24, 2.45) is 5.84 Å². The molecular weight excluding hydrogens is 326 g/mol. The predicted octanol–water partition coefficient (Wildman–Crippen LogP) is 1.92. The zero-order chi connectivity index (χ0) is 11.4. The van der Waals surface area contributed by atoms with E-state index in [0.717, 1.165) is 20.2 Å². The normalized spacial score (nSPS) is 9.87. The van der Waals surface area contributed by atoms with Crippen LogP contribution in [0, 0.1) is 6.92 Å². The summed E-state index contributed by atoms with van der Waals surface area (Å²) in [6, 6.07) is 3.93. The van der Waals surface area contributed by atoms with Crippen LogP contribution in [0.25, 0.3) is 0 Å². The number of hydrogen-bond acceptors (Lipinski definition) is 3. The Labute approximate surface area is 105 Å². The number of carbonyl (C=O) groups excluding carboxylic acids is 1. The van der Waals surface area contributed by atoms with Crippen molar-refractivity contribution >= 4 is 43.5 Å². The largest absolute Gasteiger partial charge is 0.374 e. The molecule has 0 aromatic heterocycles. The van der Waals surface area contributed by atoms with Crippen LogP contribution < -0.4 is 16.6 Å². The molecule has 1 amide bonds. The molecule has 0 unspecified atom stereocenters. The Morgan fingerprint density at radius 1 is 1.40 bits per heavy atom. The lowest BCUT2D eigenvalue weighted by Gasteiger charge is -2.10. The van der Waals surface area contributed by atoms with Crippen LogP contribution >= 0.6 is 31.9 Å². The lowest BCUT2D eigenvalue weighted by molar-refractivity contribution is -0.119. The Balaban J connectivity index is 2.81. The van der Waals surface area contributed by atoms with Crippen molar-refractivity contribution in [3.8, 4) is 0 Å². The maximum Gasteiger partial charge on any atom is 0.253 e. The minimum atomic E-state index is -0.269. The third kappa shape index (κ3) is 3.48. The molecule has 0 heterocycles. The maximum atomic E-state index is 10.9. The van der Waals surface area contributed by atoms with E-state index in [0.29, 0.717) is 0 Å². The molecule has 1 aromatic carbocycles. The average Bonchev–Trinajstić information content (AvgIpc) is 2.15. The van der Waals surface area contributed by atoms with Crippen molar-refractivity contribution in [3.63, 3.8) is 0 Å². The molecule has 0 aliphatic carbocycles. The number of hydrazine groups is 1. The lowest BCUT2D eigenvalue weighted by atomic mass is 10.2. The Morgan fingerprint density at radius 3 is 2.40 bits per heavy atom. The first-order valence-electron chi connectivity index (χ1n) is 4.23. The fourth-order valence-corrected chi connectivity index (χ4v) is 2.78. The number of anilines is 1. The van der Waals surface area contributed by atoms with Crippen molar-refractivity contribution in [1.82, 2.24) is 5.43 Å². The summed E-state index contributed by atoms with van der Waals surface area (Å²) in [5, 5.41) is 2.97. The molecular formula is C9H11Br2N3O. The van der Waals surface area contributed by atoms with Gasteiger partial charge in [-0.05, 0) is 56.5 Å². The van der Waals surface area contributed by atoms with Crippen LogP contribution in [-0.2, 0) is 4.79 Å². The van der Waals surface area contributed by atoms with E-state index in [1.165, 1.54) is 0 Å². The van der Waals surface area contributed by atoms with Gasteiger partial charge in [-0.25, -0.2) is 5.84 Å². The fraction of sp³-hybridized carbons (Fsp3) is 0.222. The van der Waals surface area contributed by atoms with Crippen molar-refractivity contribution < 1.29 is 4.79 Å². The molecule has 1 aromatic rings. The Morgan fingerprint density at radius 2 is 1.93 bits per heavy atom. The van der Waals surface area contributed by atoms with E-state index in [4.69, 9.17) is 5.84 Å². The van der Waals surface area contributed by atoms with Crippen molar-refractivity contribution in [2.75, 3.05) is 11.9 Å². The van der Waals surface area contributed by atoms with Gasteiger partial charge < -0.3 is 5.32 Å². The van der Waals surface area contributed by atoms with Gasteiger partial charge in [-0.15, -0.1) is 0 Å². The highest BCUT2D eigenvalue weighted by molar-refractivity contribution is 9.11. The summed E-state index contributed by atoms with van der Waals surface area (Å²) in [5.41, 5.74) is 4.02. The third-order valence-electron chi connectivity index (χ3n) is 1.77. The first-order valence-corrected chi connectivity index (χ1v) is 5.82. The first-order chi connectivity index (χ1) is 7.04. The molecule has 0 radical (unpaired) electrons. The number of nitrogens with one attached hydrogen (secondary N) is 2. The fourth-order valence-electron chi connectivity index (χ4n) is 1.09. The summed E-state index contributed by atoms with van der Waals surface area (Å²) in [5.74, 6) is 4.70. The third-order valence-corrected chi connectivity index (χ3v) is 3.02. The maximum absolute atomic E-state index is 10.9. The van der Waals surface area contributed by atoms with Gasteiger partial charge in [0.05, 0.1) is 12.2 Å². The molecule has 1 rings (SSSR count). The van der Waals surface area contributed by atoms with Gasteiger partial charge >= 0.3 is 0 Å². The molecule has 6 heteroatoms. The van der Waals surface area contributed by atoms with Crippen LogP contribution in [0.5, 0.6) is 0 Å². The highest BCUT2D eigenvalue weighted by Crippen LogP contribution is 2.31. The van der Waals surface area contributed by atoms with Crippen molar-refractivity contribution in [3.05, 3.63) is 26.6 Å². The van der Waals surface area contributed by atoms with E-state index < -0.39 is 0 Å². The van der Waals surface area contributed by atoms with Gasteiger partial charge in [0.25, 0.3) is 5.91 Å². The molecule has 0 spiro atoms. The number of amides is 1. The highest BCUT2D eigenvalue weighted by atomic mass is 79.9. The Bertz CT molecular complexity index is 359. The number of rotatable bonds is 3. The van der Waals surface area contributed by atoms with Gasteiger partial charge in [-0.3, -0.25) is 10.2 Å². The second kappa shape index (κ2) is 5.48. The molecule has 4 N–H and O–H groups in total. The van der Waals surface area contributed by atoms with Crippen LogP contribution in [-0.4, -0.2) is 12.5 Å². The SMILES string of the molecule is Cc1cc(Br)c(NCC(=O)NN)c(Br)c1. The topological polar surface area (TPSA) is 67.2 Å². The standard InChI is InChI=1S/C9H11Br2N3O/c1-5-2-6(10)9(7(11)3-5)13-4-8(15)14-12/h2-3,13H,4,12H2,1H3,(H,14,15). The number of benzene rings is 1. The van der Waals surface area contributed by atoms with Gasteiger partial charge in [-0.1, -0.05) is 0 Å². The van der Waals surface area contributed by atoms with E-state index in [2.05, 4.69) is 42.6 Å². The van der Waals surface area contributed by atoms with Crippen LogP contribution in [0.4, 0.5) is 5.69 Å². The van der Waals surface area contributed by atoms with Crippen LogP contribution in [0.2, 0.25) is 0 Å². The second-order valence-corrected chi connectivity index (χ2v) is 4.73. The molecule has 0 saturated carbocycles. The van der Waals surface area contributed by atoms with Gasteiger partial charge in [0.2, 0.25) is 0 Å². The van der Waals surface area contributed by atoms with Crippen LogP contribution in [0.15, 0.2) is 21.1 Å². The molecule has 4 nitrogen and oxygen atoms in total. The summed E-state index contributed by atoms with van der Waals surface area (Å²) >= 11 is 6.83. The van der Waals surface area contributed by atoms with Crippen molar-refractivity contribution in [2.45, 2.75) is 6.92 Å². The van der Waals surface area contributed by atoms with E-state index in [-0.39, 0.29) is 12.5 Å². The summed E-state index contributed by atoms with van der Waals surface area (Å²) in [6.07, 6.45) is 0. The van der Waals surface area contributed by atoms with Crippen LogP contribution in [0.1, 0.15) is 5.56 Å². The quantitative estimate of drug-likeness (QED) is 0.449. The van der Waals surface area contributed by atoms with Crippen LogP contribution in [0.3, 0.4) is 0 Å². The molecule has 0 aliphatic rings. The average molecular weight is 337 g/mol. The monoisotopic (exact) mass is 335 g/mol. The molecule has 0 bridgehead atoms. The molecule has 0 saturated heterocycles. The Hall–Kier alpha value is -0.590. The second-order valence-electron chi connectivity index (χ2n) is 3.02. The summed E-state index contributed by atoms with van der Waals surface area (Å²) in [4.78, 5) is 10.9. The lowest BCUT2D eigenvalue weighted by Crippen LogP contribution is -2.35. The van der Waals surface area contributed by atoms with Gasteiger partial charge in [0.1, 0.15) is 0 Å². The van der Waals surface area contributed by atoms with Gasteiger partial charge in [0.15, 0.2) is 0 Å². The number of halogens is 2. The molecule has 0 aliphatic heterocycles. The zero-order valence-corrected chi connectivity index (χ0v) is 11.3. The van der Waals surface area contributed by atoms with Gasteiger partial charge in [0, 0.05) is 8.95 Å². The van der Waals surface area contributed by atoms with E-state index in [1.807, 2.05) is 19.1 Å². The highest BCUT2D eigenvalue weighted by Gasteiger charge is 2.07. The van der Waals surface area contributed by atoms with E-state index in [9.17, 15) is 4.79 Å². The number of aryl methyl sites for hydroxylation is 1. The zero-order valence-electron chi connectivity index (χ0n) is 8.10. The first kappa shape index (κ1) is 12.5. The minimum Gasteiger partial charge on any atom is -0.374 e. The number of hydrogen-bond donors (Lipinski definition) is 3. The van der Waals surface area contributed by atoms with E-state index in [1.54, 1.807) is 0 Å². The Kier molecular flexibility index (Phi) is 4.56. The predicted molar refractivity (Wildman–Crippen MR) is 67.4 cm³/mol. The molecule has 82 valence electrons. The summed E-state index contributed by atoms with van der Waals surface area (Å²) < 4.78 is 1.80. The summed E-state index contributed by atoms with van der Waals surface area (Å²) in [6.45, 7) is 2.13. The number of nitrogens with two attached hydrogens (primary N) is 1. The van der Waals surface area contributed by atoms with Crippen molar-refractivity contribution in [1.29, 1.82) is 0 Å². The molecule has 0 atom stereocenters. The minimum absolute atomic E-state index is 0.136. The molecule has 0 fully saturated rings. The van der Waals surface area contributed by atoms with Gasteiger partial charge in [-0.2, -0.15) is 0 Å². The summed E-state index contributed by atoms with van der Waals surface area (Å²) in [7, 11) is 0. The van der Waals surface area contributed by atoms with E-state index >= 15 is 0 Å². The molecule has 15 heavy (non-hydrogen) atoms. The smallest absolute Gasteiger partial charge is 0.253 e. The number of carbonyl (C=O) groups is 1.